The van der Waals surface area contributed by atoms with Crippen molar-refractivity contribution in [3.63, 3.8) is 0 Å². The number of nitrogens with zero attached hydrogens (tertiary/aromatic N) is 1. The lowest BCUT2D eigenvalue weighted by Crippen LogP contribution is -2.38. The molecule has 1 heterocycles. The lowest BCUT2D eigenvalue weighted by atomic mass is 9.96. The second-order valence-corrected chi connectivity index (χ2v) is 10.1. The average molecular weight is 443 g/mol. The van der Waals surface area contributed by atoms with Gasteiger partial charge in [-0.25, -0.2) is 13.2 Å². The Morgan fingerprint density at radius 2 is 1.74 bits per heavy atom. The van der Waals surface area contributed by atoms with E-state index in [1.54, 1.807) is 43.4 Å². The maximum atomic E-state index is 12.9. The van der Waals surface area contributed by atoms with Crippen molar-refractivity contribution >= 4 is 27.6 Å². The van der Waals surface area contributed by atoms with E-state index >= 15 is 0 Å². The van der Waals surface area contributed by atoms with Crippen LogP contribution in [0.2, 0.25) is 0 Å². The second-order valence-electron chi connectivity index (χ2n) is 8.07. The Labute approximate surface area is 182 Å². The first-order valence-corrected chi connectivity index (χ1v) is 12.0. The molecule has 4 rings (SSSR count). The minimum absolute atomic E-state index is 0.00673. The molecule has 0 unspecified atom stereocenters. The molecule has 0 radical (unpaired) electrons. The van der Waals surface area contributed by atoms with Crippen LogP contribution in [0.5, 0.6) is 0 Å². The lowest BCUT2D eigenvalue weighted by molar-refractivity contribution is -0.118. The highest BCUT2D eigenvalue weighted by atomic mass is 32.2. The molecule has 0 saturated heterocycles. The Kier molecular flexibility index (Phi) is 6.11. The van der Waals surface area contributed by atoms with Crippen LogP contribution in [-0.2, 0) is 19.6 Å². The van der Waals surface area contributed by atoms with Crippen LogP contribution < -0.4 is 5.32 Å². The summed E-state index contributed by atoms with van der Waals surface area (Å²) in [7, 11) is -1.94. The second kappa shape index (κ2) is 8.80. The number of sulfonamides is 1. The molecule has 2 aliphatic rings. The van der Waals surface area contributed by atoms with E-state index in [0.717, 1.165) is 32.1 Å². The molecule has 31 heavy (non-hydrogen) atoms. The number of carbonyl (C=O) groups excluding carboxylic acids is 2. The Morgan fingerprint density at radius 3 is 2.45 bits per heavy atom. The van der Waals surface area contributed by atoms with E-state index in [9.17, 15) is 18.0 Å². The van der Waals surface area contributed by atoms with Crippen molar-refractivity contribution in [2.45, 2.75) is 55.6 Å². The van der Waals surface area contributed by atoms with Gasteiger partial charge in [0.1, 0.15) is 6.10 Å². The third-order valence-corrected chi connectivity index (χ3v) is 7.98. The predicted octanol–water partition coefficient (Wildman–Crippen LogP) is 3.88. The molecule has 0 bridgehead atoms. The van der Waals surface area contributed by atoms with Gasteiger partial charge in [0, 0.05) is 24.3 Å². The fraction of sp³-hybridized carbons (Fsp3) is 0.391. The number of amides is 1. The number of fused-ring (bicyclic) bond motifs is 1. The summed E-state index contributed by atoms with van der Waals surface area (Å²) in [5, 5.41) is 2.75. The summed E-state index contributed by atoms with van der Waals surface area (Å²) in [6, 6.07) is 13.2. The minimum atomic E-state index is -3.58. The van der Waals surface area contributed by atoms with Crippen molar-refractivity contribution in [1.29, 1.82) is 0 Å². The quantitative estimate of drug-likeness (QED) is 0.686. The first-order chi connectivity index (χ1) is 14.9. The van der Waals surface area contributed by atoms with Crippen LogP contribution in [0, 0.1) is 0 Å². The molecule has 1 amide bonds. The van der Waals surface area contributed by atoms with E-state index in [-0.39, 0.29) is 23.3 Å². The smallest absolute Gasteiger partial charge is 0.339 e. The van der Waals surface area contributed by atoms with Gasteiger partial charge in [-0.1, -0.05) is 37.5 Å². The predicted molar refractivity (Wildman–Crippen MR) is 116 cm³/mol. The largest absolute Gasteiger partial charge is 0.453 e. The van der Waals surface area contributed by atoms with E-state index in [1.165, 1.54) is 16.4 Å². The summed E-state index contributed by atoms with van der Waals surface area (Å²) < 4.78 is 32.6. The molecule has 0 aromatic heterocycles. The minimum Gasteiger partial charge on any atom is -0.453 e. The van der Waals surface area contributed by atoms with Gasteiger partial charge >= 0.3 is 5.97 Å². The summed E-state index contributed by atoms with van der Waals surface area (Å²) in [5.74, 6) is -0.741. The molecule has 7 nitrogen and oxygen atoms in total. The number of carbonyl (C=O) groups is 2. The normalized spacial score (nSPS) is 19.2. The number of ether oxygens (including phenoxy) is 1. The van der Waals surface area contributed by atoms with Crippen LogP contribution in [0.1, 0.15) is 60.6 Å². The molecule has 1 saturated carbocycles. The molecule has 1 fully saturated rings. The molecular weight excluding hydrogens is 416 g/mol. The van der Waals surface area contributed by atoms with Gasteiger partial charge in [-0.2, -0.15) is 4.31 Å². The van der Waals surface area contributed by atoms with Crippen LogP contribution >= 0.6 is 0 Å². The summed E-state index contributed by atoms with van der Waals surface area (Å²) in [6.45, 7) is 0. The Morgan fingerprint density at radius 1 is 1.06 bits per heavy atom. The van der Waals surface area contributed by atoms with Gasteiger partial charge in [0.15, 0.2) is 0 Å². The first-order valence-electron chi connectivity index (χ1n) is 10.5. The summed E-state index contributed by atoms with van der Waals surface area (Å²) in [6.07, 6.45) is 4.41. The van der Waals surface area contributed by atoms with Gasteiger partial charge in [-0.15, -0.1) is 0 Å². The van der Waals surface area contributed by atoms with E-state index in [0.29, 0.717) is 16.8 Å². The molecule has 1 atom stereocenters. The fourth-order valence-corrected chi connectivity index (χ4v) is 5.69. The Bertz CT molecular complexity index is 1080. The molecule has 1 N–H and O–H groups in total. The summed E-state index contributed by atoms with van der Waals surface area (Å²) >= 11 is 0. The number of nitrogens with one attached hydrogen (secondary N) is 1. The van der Waals surface area contributed by atoms with Crippen LogP contribution in [0.4, 0.5) is 5.69 Å². The molecule has 1 aliphatic heterocycles. The maximum Gasteiger partial charge on any atom is 0.339 e. The van der Waals surface area contributed by atoms with E-state index in [2.05, 4.69) is 5.32 Å². The van der Waals surface area contributed by atoms with Crippen LogP contribution in [0.25, 0.3) is 0 Å². The van der Waals surface area contributed by atoms with Gasteiger partial charge in [-0.05, 0) is 43.2 Å². The van der Waals surface area contributed by atoms with Crippen LogP contribution in [0.3, 0.4) is 0 Å². The number of hydrogen-bond donors (Lipinski definition) is 1. The highest BCUT2D eigenvalue weighted by molar-refractivity contribution is 7.89. The van der Waals surface area contributed by atoms with Gasteiger partial charge in [-0.3, -0.25) is 4.79 Å². The van der Waals surface area contributed by atoms with E-state index in [4.69, 9.17) is 4.74 Å². The van der Waals surface area contributed by atoms with E-state index < -0.39 is 22.1 Å². The highest BCUT2D eigenvalue weighted by Gasteiger charge is 2.32. The zero-order valence-electron chi connectivity index (χ0n) is 17.4. The number of hydrogen-bond acceptors (Lipinski definition) is 5. The van der Waals surface area contributed by atoms with E-state index in [1.807, 2.05) is 0 Å². The van der Waals surface area contributed by atoms with Crippen molar-refractivity contribution < 1.29 is 22.7 Å². The highest BCUT2D eigenvalue weighted by Crippen LogP contribution is 2.33. The molecule has 1 aliphatic carbocycles. The van der Waals surface area contributed by atoms with Gasteiger partial charge < -0.3 is 10.1 Å². The Hall–Kier alpha value is -2.71. The number of anilines is 1. The first kappa shape index (κ1) is 21.5. The Balaban J connectivity index is 1.39. The number of rotatable bonds is 6. The summed E-state index contributed by atoms with van der Waals surface area (Å²) in [4.78, 5) is 24.6. The zero-order chi connectivity index (χ0) is 22.0. The number of esters is 1. The molecular formula is C23H26N2O5S. The zero-order valence-corrected chi connectivity index (χ0v) is 18.2. The molecule has 2 aromatic rings. The van der Waals surface area contributed by atoms with Crippen LogP contribution in [0.15, 0.2) is 53.4 Å². The average Bonchev–Trinajstić information content (AvgIpc) is 3.09. The van der Waals surface area contributed by atoms with Crippen molar-refractivity contribution in [3.8, 4) is 0 Å². The number of cyclic esters (lactones) is 1. The van der Waals surface area contributed by atoms with Gasteiger partial charge in [0.25, 0.3) is 0 Å². The number of benzene rings is 2. The van der Waals surface area contributed by atoms with Crippen molar-refractivity contribution in [3.05, 3.63) is 59.7 Å². The fourth-order valence-electron chi connectivity index (χ4n) is 4.27. The van der Waals surface area contributed by atoms with Crippen molar-refractivity contribution in [1.82, 2.24) is 4.31 Å². The molecule has 164 valence electrons. The topological polar surface area (TPSA) is 92.8 Å². The van der Waals surface area contributed by atoms with Crippen molar-refractivity contribution in [2.24, 2.45) is 0 Å². The molecule has 8 heteroatoms. The standard InChI is InChI=1S/C23H26N2O5S/c1-25(17-7-3-2-4-8-17)31(28,29)18-13-11-16(12-14-18)24-22(26)15-21-19-9-5-6-10-20(19)23(27)30-21/h5-6,9-14,17,21H,2-4,7-8,15H2,1H3,(H,24,26)/t21-/m0/s1. The third kappa shape index (κ3) is 4.50. The molecule has 0 spiro atoms. The third-order valence-electron chi connectivity index (χ3n) is 6.05. The molecule has 2 aromatic carbocycles. The van der Waals surface area contributed by atoms with Crippen molar-refractivity contribution in [2.75, 3.05) is 12.4 Å². The lowest BCUT2D eigenvalue weighted by Gasteiger charge is -2.30. The van der Waals surface area contributed by atoms with Gasteiger partial charge in [0.05, 0.1) is 16.9 Å². The maximum absolute atomic E-state index is 12.9. The van der Waals surface area contributed by atoms with Crippen LogP contribution in [-0.4, -0.2) is 37.7 Å². The van der Waals surface area contributed by atoms with Gasteiger partial charge in [0.2, 0.25) is 15.9 Å². The summed E-state index contributed by atoms with van der Waals surface area (Å²) in [5.41, 5.74) is 1.67. The SMILES string of the molecule is CN(C1CCCCC1)S(=O)(=O)c1ccc(NC(=O)C[C@@H]2OC(=O)c3ccccc32)cc1. The monoisotopic (exact) mass is 442 g/mol.